The van der Waals surface area contributed by atoms with E-state index in [-0.39, 0.29) is 178 Å². The van der Waals surface area contributed by atoms with Crippen LogP contribution in [0, 0.1) is 23.7 Å². The van der Waals surface area contributed by atoms with Crippen LogP contribution >= 0.6 is 0 Å². The maximum atomic E-state index is 14.2. The fraction of sp³-hybridized carbons (Fsp3) is 0.684. The molecule has 0 fully saturated rings. The molecule has 0 radical (unpaired) electrons. The number of aromatic carboxylic acids is 2. The number of nitrogens with one attached hydrogen (secondary N) is 6. The zero-order valence-electron chi connectivity index (χ0n) is 78.4. The van der Waals surface area contributed by atoms with Crippen LogP contribution in [-0.4, -0.2) is 200 Å². The summed E-state index contributed by atoms with van der Waals surface area (Å²) in [5, 5.41) is 51.4. The number of amides is 5. The van der Waals surface area contributed by atoms with Crippen molar-refractivity contribution in [3.63, 3.8) is 0 Å². The largest absolute Gasteiger partial charge is 0.494 e. The number of unbranched alkanes of at least 4 members (excludes halogenated alkanes) is 22. The van der Waals surface area contributed by atoms with Crippen LogP contribution in [0.2, 0.25) is 0 Å². The lowest BCUT2D eigenvalue weighted by Crippen LogP contribution is -2.42. The summed E-state index contributed by atoms with van der Waals surface area (Å²) in [6, 6.07) is 7.50. The smallest absolute Gasteiger partial charge is 0.335 e. The van der Waals surface area contributed by atoms with E-state index >= 15 is 0 Å². The second kappa shape index (κ2) is 70.7. The summed E-state index contributed by atoms with van der Waals surface area (Å²) in [6.07, 6.45) is 28.4. The Morgan fingerprint density at radius 2 is 0.765 bits per heavy atom. The normalized spacial score (nSPS) is 13.6. The summed E-state index contributed by atoms with van der Waals surface area (Å²) >= 11 is 0. The van der Waals surface area contributed by atoms with Gasteiger partial charge in [0.2, 0.25) is 29.5 Å². The topological polar surface area (TPSA) is 591 Å². The van der Waals surface area contributed by atoms with Crippen molar-refractivity contribution in [2.45, 2.75) is 365 Å². The zero-order valence-corrected chi connectivity index (χ0v) is 78.4. The number of carboxylic acid groups (broad SMARTS) is 4. The predicted molar refractivity (Wildman–Crippen MR) is 501 cm³/mol. The van der Waals surface area contributed by atoms with Gasteiger partial charge in [-0.2, -0.15) is 0 Å². The van der Waals surface area contributed by atoms with Gasteiger partial charge in [-0.15, -0.1) is 0 Å². The highest BCUT2D eigenvalue weighted by molar-refractivity contribution is 5.95. The average Bonchev–Trinajstić information content (AvgIpc) is 1.09. The molecule has 20 N–H and O–H groups in total. The predicted octanol–water partition coefficient (Wildman–Crippen LogP) is 11.5. The minimum atomic E-state index is -1.20. The maximum absolute atomic E-state index is 14.2. The van der Waals surface area contributed by atoms with Gasteiger partial charge >= 0.3 is 23.9 Å². The summed E-state index contributed by atoms with van der Waals surface area (Å²) in [6.45, 7) is 5.29. The molecule has 0 bridgehead atoms. The third-order valence-electron chi connectivity index (χ3n) is 24.1. The van der Waals surface area contributed by atoms with E-state index in [1.807, 2.05) is 0 Å². The van der Waals surface area contributed by atoms with E-state index < -0.39 is 83.8 Å². The van der Waals surface area contributed by atoms with Crippen molar-refractivity contribution in [1.29, 1.82) is 0 Å². The minimum absolute atomic E-state index is 0.00537. The number of aliphatic carboxylic acids is 2. The van der Waals surface area contributed by atoms with E-state index in [1.165, 1.54) is 37.5 Å². The van der Waals surface area contributed by atoms with Crippen molar-refractivity contribution in [2.75, 3.05) is 39.4 Å². The lowest BCUT2D eigenvalue weighted by Gasteiger charge is -2.21. The molecule has 3 rings (SSSR count). The molecular formula is C98H156N12O22. The lowest BCUT2D eigenvalue weighted by molar-refractivity contribution is -0.144. The molecule has 2 aromatic carbocycles. The number of nitrogens with two attached hydrogens (primary N) is 5. The van der Waals surface area contributed by atoms with Crippen molar-refractivity contribution in [3.05, 3.63) is 77.9 Å². The van der Waals surface area contributed by atoms with Crippen molar-refractivity contribution < 1.29 is 107 Å². The molecule has 0 spiro atoms. The first-order valence-electron chi connectivity index (χ1n) is 48.4. The van der Waals surface area contributed by atoms with Crippen LogP contribution in [0.1, 0.15) is 348 Å². The number of H-pyrrole nitrogens is 1. The fourth-order valence-corrected chi connectivity index (χ4v) is 15.4. The van der Waals surface area contributed by atoms with Crippen molar-refractivity contribution >= 4 is 93.9 Å². The van der Waals surface area contributed by atoms with Crippen molar-refractivity contribution in [1.82, 2.24) is 36.6 Å². The van der Waals surface area contributed by atoms with Crippen LogP contribution in [0.5, 0.6) is 11.5 Å². The quantitative estimate of drug-likeness (QED) is 0.0233. The SMILES string of the molecule is CC(=O)[C@H](CCCCNC(=O)[C@@H](N)CCCCNC(=O)[C@@H](N)CCCCCC(=O)CC[C@H](NC(=O)CCCCCCCCCCOc1ccc(C(=O)O)cc1)C(=O)O)CC(=O)[C@H](CCCCNC(=O)[C@@H](N)CCCCCC(=O)[C@@H](N)CCCCNC(=O)CC[C@H](CC(=O)CCCCCCCCCCOc1ccc(C(=O)O)cc1)C(=O)O)CC(=O)[C@H](C)CC(=O)[C@@H](N)Cc1cnc[nH]1. The van der Waals surface area contributed by atoms with Crippen LogP contribution in [0.3, 0.4) is 0 Å². The molecule has 10 atom stereocenters. The molecule has 132 heavy (non-hydrogen) atoms. The van der Waals surface area contributed by atoms with E-state index in [2.05, 4.69) is 36.6 Å². The number of aromatic amines is 1. The number of ether oxygens (including phenoxy) is 2. The number of imidazole rings is 1. The molecule has 740 valence electrons. The van der Waals surface area contributed by atoms with E-state index in [9.17, 15) is 86.9 Å². The number of carbonyl (C=O) groups excluding carboxylic acids is 12. The van der Waals surface area contributed by atoms with Gasteiger partial charge in [-0.3, -0.25) is 62.3 Å². The number of benzene rings is 2. The highest BCUT2D eigenvalue weighted by Crippen LogP contribution is 2.27. The Morgan fingerprint density at radius 1 is 0.356 bits per heavy atom. The van der Waals surface area contributed by atoms with Gasteiger partial charge in [0.1, 0.15) is 52.2 Å². The number of hydrogen-bond donors (Lipinski definition) is 15. The molecule has 0 aliphatic rings. The summed E-state index contributed by atoms with van der Waals surface area (Å²) in [5.41, 5.74) is 32.1. The van der Waals surface area contributed by atoms with Gasteiger partial charge in [-0.25, -0.2) is 19.4 Å². The summed E-state index contributed by atoms with van der Waals surface area (Å²) in [5.74, 6) is -9.31. The van der Waals surface area contributed by atoms with Gasteiger partial charge < -0.3 is 90.1 Å². The van der Waals surface area contributed by atoms with Gasteiger partial charge in [0.05, 0.1) is 66.8 Å². The number of Topliss-reactive ketones (excluding diaryl/α,β-unsaturated/α-hetero) is 7. The first-order chi connectivity index (χ1) is 63.2. The zero-order chi connectivity index (χ0) is 97.2. The lowest BCUT2D eigenvalue weighted by atomic mass is 9.82. The Morgan fingerprint density at radius 3 is 1.22 bits per heavy atom. The van der Waals surface area contributed by atoms with E-state index in [4.69, 9.17) is 48.4 Å². The maximum Gasteiger partial charge on any atom is 0.335 e. The Kier molecular flexibility index (Phi) is 62.2. The monoisotopic (exact) mass is 1850 g/mol. The molecule has 1 heterocycles. The summed E-state index contributed by atoms with van der Waals surface area (Å²) in [7, 11) is 0. The Bertz CT molecular complexity index is 3920. The van der Waals surface area contributed by atoms with Gasteiger partial charge in [0, 0.05) is 126 Å². The molecule has 5 amide bonds. The van der Waals surface area contributed by atoms with Crippen molar-refractivity contribution in [2.24, 2.45) is 52.3 Å². The molecule has 0 aliphatic carbocycles. The van der Waals surface area contributed by atoms with E-state index in [1.54, 1.807) is 37.4 Å². The highest BCUT2D eigenvalue weighted by atomic mass is 16.5. The number of rotatable bonds is 85. The molecule has 1 aromatic heterocycles. The molecule has 0 aliphatic heterocycles. The average molecular weight is 1850 g/mol. The van der Waals surface area contributed by atoms with E-state index in [0.29, 0.717) is 185 Å². The Hall–Kier alpha value is -10.0. The summed E-state index contributed by atoms with van der Waals surface area (Å²) in [4.78, 5) is 209. The van der Waals surface area contributed by atoms with Crippen molar-refractivity contribution in [3.8, 4) is 11.5 Å². The van der Waals surface area contributed by atoms with Crippen LogP contribution < -0.4 is 64.7 Å². The molecule has 0 saturated carbocycles. The fourth-order valence-electron chi connectivity index (χ4n) is 15.4. The minimum Gasteiger partial charge on any atom is -0.494 e. The van der Waals surface area contributed by atoms with Gasteiger partial charge in [-0.05, 0) is 184 Å². The summed E-state index contributed by atoms with van der Waals surface area (Å²) < 4.78 is 11.4. The number of aromatic nitrogens is 2. The second-order valence-corrected chi connectivity index (χ2v) is 35.5. The first kappa shape index (κ1) is 116. The Balaban J connectivity index is 1.26. The molecule has 0 saturated heterocycles. The van der Waals surface area contributed by atoms with Crippen LogP contribution in [0.4, 0.5) is 0 Å². The molecule has 34 nitrogen and oxygen atoms in total. The van der Waals surface area contributed by atoms with Gasteiger partial charge in [0.25, 0.3) is 0 Å². The van der Waals surface area contributed by atoms with Crippen LogP contribution in [-0.2, 0) is 73.5 Å². The third-order valence-corrected chi connectivity index (χ3v) is 24.1. The van der Waals surface area contributed by atoms with Gasteiger partial charge in [0.15, 0.2) is 5.78 Å². The van der Waals surface area contributed by atoms with Crippen LogP contribution in [0.25, 0.3) is 0 Å². The number of ketones is 7. The van der Waals surface area contributed by atoms with Crippen LogP contribution in [0.15, 0.2) is 61.1 Å². The Labute approximate surface area is 779 Å². The molecule has 3 aromatic rings. The van der Waals surface area contributed by atoms with Gasteiger partial charge in [-0.1, -0.05) is 122 Å². The second-order valence-electron chi connectivity index (χ2n) is 35.5. The molecule has 34 heteroatoms. The third kappa shape index (κ3) is 55.5. The number of hydrogen-bond acceptors (Lipinski definition) is 24. The number of nitrogens with zero attached hydrogens (tertiary/aromatic N) is 1. The molecule has 0 unspecified atom stereocenters. The first-order valence-corrected chi connectivity index (χ1v) is 48.4. The molecular weight excluding hydrogens is 1700 g/mol. The number of carbonyl (C=O) groups is 16. The highest BCUT2D eigenvalue weighted by Gasteiger charge is 2.31. The standard InChI is InChI=1S/C98H156N12O22/c1-68(61-89(117)84(103)65-75-66-104-67-109-75)87(115)64-73(34-24-28-57-107-92(120)82(101)39-20-16-21-41-86(114)80(99)37-25-29-55-105-90(118)54-47-74(97(127)128)62-77(113)36-17-11-7-3-5-9-13-31-59-131-78-49-43-70(44-50-78)95(123)124)88(116)63-72(69(2)111)33-23-27-56-106-94(122)83(102)40-26-30-58-108-93(121)81(100)38-19-15-18-35-76(112)48-53-85(98(129)130)110-91(119)42-22-12-8-4-6-10-14-32-60-132-79-51-45-71(46-52-79)96(125)126/h43-46,49-52,66-68,72-74,80-85H,3-42,47-48,53-65,99-103H2,1-2H3,(H,104,109)(H,105,118)(H,106,122)(H,107,120)(H,108,121)(H,110,119)(H,123,124)(H,125,126)(H,127,128)(H,129,130)/t68-,72-,73-,74-,80+,81+,82+,83+,84+,85+/m1/s1. The number of carboxylic acids is 4. The van der Waals surface area contributed by atoms with E-state index in [0.717, 1.165) is 89.9 Å².